The molecule has 0 spiro atoms. The molecule has 222 valence electrons. The van der Waals surface area contributed by atoms with Crippen LogP contribution in [0.3, 0.4) is 0 Å². The van der Waals surface area contributed by atoms with Gasteiger partial charge in [0.1, 0.15) is 11.9 Å². The van der Waals surface area contributed by atoms with E-state index in [2.05, 4.69) is 20.6 Å². The van der Waals surface area contributed by atoms with Gasteiger partial charge in [-0.2, -0.15) is 0 Å². The van der Waals surface area contributed by atoms with Gasteiger partial charge in [-0.25, -0.2) is 4.98 Å². The smallest absolute Gasteiger partial charge is 0.254 e. The number of benzene rings is 2. The minimum absolute atomic E-state index is 0.225. The van der Waals surface area contributed by atoms with Gasteiger partial charge in [-0.3, -0.25) is 19.4 Å². The fourth-order valence-corrected chi connectivity index (χ4v) is 4.94. The van der Waals surface area contributed by atoms with Crippen molar-refractivity contribution in [1.29, 1.82) is 0 Å². The molecule has 1 aliphatic rings. The number of carbonyl (C=O) groups is 3. The molecule has 5 rings (SSSR count). The number of fused-ring (bicyclic) bond motifs is 4. The first-order chi connectivity index (χ1) is 21.0. The molecule has 0 saturated heterocycles. The summed E-state index contributed by atoms with van der Waals surface area (Å²) in [5.41, 5.74) is 2.14. The molecule has 2 aromatic carbocycles. The quantitative estimate of drug-likeness (QED) is 0.379. The van der Waals surface area contributed by atoms with Gasteiger partial charge in [-0.15, -0.1) is 0 Å². The Balaban J connectivity index is 1.43. The largest absolute Gasteiger partial charge is 0.493 e. The number of hydrogen-bond donors (Lipinski definition) is 2. The van der Waals surface area contributed by atoms with Gasteiger partial charge in [-0.05, 0) is 42.3 Å². The van der Waals surface area contributed by atoms with Gasteiger partial charge in [0.25, 0.3) is 5.91 Å². The monoisotopic (exact) mass is 582 g/mol. The molecular formula is C32H34N6O5. The van der Waals surface area contributed by atoms with Gasteiger partial charge in [-0.1, -0.05) is 30.3 Å². The maximum Gasteiger partial charge on any atom is 0.254 e. The molecular weight excluding hydrogens is 548 g/mol. The van der Waals surface area contributed by atoms with Gasteiger partial charge in [0.15, 0.2) is 11.5 Å². The molecule has 1 atom stereocenters. The van der Waals surface area contributed by atoms with E-state index < -0.39 is 11.9 Å². The lowest BCUT2D eigenvalue weighted by atomic mass is 10.1. The molecule has 3 amide bonds. The van der Waals surface area contributed by atoms with E-state index in [0.717, 1.165) is 11.1 Å². The zero-order valence-electron chi connectivity index (χ0n) is 23.9. The molecule has 0 saturated carbocycles. The number of hydrogen-bond acceptors (Lipinski definition) is 7. The van der Waals surface area contributed by atoms with Crippen LogP contribution >= 0.6 is 0 Å². The van der Waals surface area contributed by atoms with Gasteiger partial charge in [0.2, 0.25) is 11.8 Å². The highest BCUT2D eigenvalue weighted by Crippen LogP contribution is 2.32. The Morgan fingerprint density at radius 2 is 1.86 bits per heavy atom. The van der Waals surface area contributed by atoms with E-state index in [1.54, 1.807) is 25.4 Å². The van der Waals surface area contributed by atoms with Gasteiger partial charge >= 0.3 is 0 Å². The average Bonchev–Trinajstić information content (AvgIpc) is 3.50. The van der Waals surface area contributed by atoms with E-state index >= 15 is 0 Å². The van der Waals surface area contributed by atoms with Crippen molar-refractivity contribution in [3.8, 4) is 22.9 Å². The van der Waals surface area contributed by atoms with Crippen LogP contribution in [0.5, 0.6) is 11.5 Å². The highest BCUT2D eigenvalue weighted by atomic mass is 16.5. The number of imidazole rings is 1. The number of nitrogens with one attached hydrogen (secondary N) is 2. The lowest BCUT2D eigenvalue weighted by Gasteiger charge is -2.25. The fraction of sp³-hybridized carbons (Fsp3) is 0.281. The summed E-state index contributed by atoms with van der Waals surface area (Å²) in [5, 5.41) is 5.82. The topological polar surface area (TPSA) is 128 Å². The second-order valence-corrected chi connectivity index (χ2v) is 10.1. The van der Waals surface area contributed by atoms with E-state index in [-0.39, 0.29) is 31.5 Å². The van der Waals surface area contributed by atoms with Crippen LogP contribution in [0, 0.1) is 0 Å². The third-order valence-electron chi connectivity index (χ3n) is 7.10. The predicted molar refractivity (Wildman–Crippen MR) is 160 cm³/mol. The average molecular weight is 583 g/mol. The number of nitrogens with zero attached hydrogens (tertiary/aromatic N) is 4. The summed E-state index contributed by atoms with van der Waals surface area (Å²) in [6.45, 7) is 1.07. The van der Waals surface area contributed by atoms with Crippen molar-refractivity contribution in [2.75, 3.05) is 33.4 Å². The Bertz CT molecular complexity index is 1540. The number of ether oxygens (including phenoxy) is 2. The summed E-state index contributed by atoms with van der Waals surface area (Å²) in [6.07, 6.45) is 7.36. The van der Waals surface area contributed by atoms with Crippen molar-refractivity contribution < 1.29 is 23.9 Å². The Hall–Kier alpha value is -5.19. The highest BCUT2D eigenvalue weighted by molar-refractivity contribution is 5.97. The van der Waals surface area contributed by atoms with E-state index in [1.807, 2.05) is 59.3 Å². The van der Waals surface area contributed by atoms with Gasteiger partial charge in [0.05, 0.1) is 20.3 Å². The van der Waals surface area contributed by atoms with Crippen molar-refractivity contribution in [2.45, 2.75) is 25.4 Å². The minimum atomic E-state index is -0.832. The Morgan fingerprint density at radius 1 is 1.05 bits per heavy atom. The Morgan fingerprint density at radius 3 is 2.65 bits per heavy atom. The lowest BCUT2D eigenvalue weighted by molar-refractivity contribution is -0.129. The fourth-order valence-electron chi connectivity index (χ4n) is 4.94. The molecule has 2 bridgehead atoms. The van der Waals surface area contributed by atoms with Crippen LogP contribution in [0.1, 0.15) is 22.3 Å². The van der Waals surface area contributed by atoms with Gasteiger partial charge < -0.3 is 29.6 Å². The molecule has 2 N–H and O–H groups in total. The first kappa shape index (κ1) is 29.3. The number of carbonyl (C=O) groups excluding carboxylic acids is 3. The van der Waals surface area contributed by atoms with Crippen molar-refractivity contribution in [3.63, 3.8) is 0 Å². The molecule has 1 aliphatic heterocycles. The van der Waals surface area contributed by atoms with Crippen LogP contribution in [0.15, 0.2) is 85.5 Å². The Kier molecular flexibility index (Phi) is 9.63. The predicted octanol–water partition coefficient (Wildman–Crippen LogP) is 2.72. The molecule has 43 heavy (non-hydrogen) atoms. The van der Waals surface area contributed by atoms with Crippen molar-refractivity contribution in [2.24, 2.45) is 0 Å². The zero-order chi connectivity index (χ0) is 30.0. The molecule has 4 aromatic rings. The normalized spacial score (nSPS) is 16.5. The first-order valence-electron chi connectivity index (χ1n) is 14.1. The number of methoxy groups -OCH3 is 1. The van der Waals surface area contributed by atoms with E-state index in [1.165, 1.54) is 17.3 Å². The number of aromatic nitrogens is 3. The van der Waals surface area contributed by atoms with Crippen LogP contribution < -0.4 is 20.1 Å². The SMILES string of the molecule is COc1ccc2cc1OCCCN(C(=O)c1ccncc1)CC(=O)N[C@@H](Cc1ccccc1)C(=O)NCCn1ccnc1-2. The summed E-state index contributed by atoms with van der Waals surface area (Å²) in [6, 6.07) is 17.5. The van der Waals surface area contributed by atoms with E-state index in [0.29, 0.717) is 48.8 Å². The second kappa shape index (κ2) is 14.1. The van der Waals surface area contributed by atoms with Crippen molar-refractivity contribution >= 4 is 17.7 Å². The molecule has 0 radical (unpaired) electrons. The minimum Gasteiger partial charge on any atom is -0.493 e. The van der Waals surface area contributed by atoms with Crippen molar-refractivity contribution in [1.82, 2.24) is 30.1 Å². The summed E-state index contributed by atoms with van der Waals surface area (Å²) < 4.78 is 13.5. The summed E-state index contributed by atoms with van der Waals surface area (Å²) in [4.78, 5) is 50.1. The number of rotatable bonds is 4. The Labute approximate surface area is 249 Å². The molecule has 3 heterocycles. The van der Waals surface area contributed by atoms with E-state index in [9.17, 15) is 14.4 Å². The molecule has 0 aliphatic carbocycles. The summed E-state index contributed by atoms with van der Waals surface area (Å²) in [7, 11) is 1.57. The maximum atomic E-state index is 13.4. The maximum absolute atomic E-state index is 13.4. The standard InChI is InChI=1S/C32H34N6O5/c1-42-27-9-8-25-21-28(27)43-19-5-16-38(32(41)24-10-12-33-13-11-24)22-29(39)36-26(20-23-6-3-2-4-7-23)31(40)35-15-18-37-17-14-34-30(25)37/h2-4,6-14,17,21,26H,5,15-16,18-20,22H2,1H3,(H,35,40)(H,36,39)/t26-/m0/s1. The number of pyridine rings is 1. The van der Waals surface area contributed by atoms with Crippen LogP contribution in [-0.2, 0) is 22.6 Å². The van der Waals surface area contributed by atoms with Crippen LogP contribution in [0.4, 0.5) is 0 Å². The summed E-state index contributed by atoms with van der Waals surface area (Å²) >= 11 is 0. The zero-order valence-corrected chi connectivity index (χ0v) is 23.9. The molecule has 11 nitrogen and oxygen atoms in total. The summed E-state index contributed by atoms with van der Waals surface area (Å²) in [5.74, 6) is 0.752. The second-order valence-electron chi connectivity index (χ2n) is 10.1. The first-order valence-corrected chi connectivity index (χ1v) is 14.1. The molecule has 0 fully saturated rings. The van der Waals surface area contributed by atoms with Gasteiger partial charge in [0, 0.05) is 62.0 Å². The molecule has 11 heteroatoms. The van der Waals surface area contributed by atoms with Crippen molar-refractivity contribution in [3.05, 3.63) is 96.6 Å². The lowest BCUT2D eigenvalue weighted by Crippen LogP contribution is -2.51. The number of amides is 3. The van der Waals surface area contributed by atoms with Crippen LogP contribution in [0.2, 0.25) is 0 Å². The van der Waals surface area contributed by atoms with Crippen LogP contribution in [-0.4, -0.2) is 76.5 Å². The van der Waals surface area contributed by atoms with E-state index in [4.69, 9.17) is 9.47 Å². The third-order valence-corrected chi connectivity index (χ3v) is 7.10. The van der Waals surface area contributed by atoms with Crippen LogP contribution in [0.25, 0.3) is 11.4 Å². The molecule has 0 unspecified atom stereocenters. The third kappa shape index (κ3) is 7.56. The molecule has 2 aromatic heterocycles. The highest BCUT2D eigenvalue weighted by Gasteiger charge is 2.25.